The molecule has 0 aliphatic rings. The van der Waals surface area contributed by atoms with Gasteiger partial charge in [0.05, 0.1) is 17.9 Å². The van der Waals surface area contributed by atoms with Crippen LogP contribution < -0.4 is 5.32 Å². The zero-order chi connectivity index (χ0) is 15.8. The molecule has 0 spiro atoms. The molecule has 0 fully saturated rings. The zero-order valence-corrected chi connectivity index (χ0v) is 13.0. The number of carbonyl (C=O) groups excluding carboxylic acids is 2. The smallest absolute Gasteiger partial charge is 0.404 e. The number of hydrogen-bond acceptors (Lipinski definition) is 6. The van der Waals surface area contributed by atoms with Crippen molar-refractivity contribution in [3.8, 4) is 0 Å². The van der Waals surface area contributed by atoms with Gasteiger partial charge in [-0.2, -0.15) is 4.68 Å². The fraction of sp³-hybridized carbons (Fsp3) is 0.545. The summed E-state index contributed by atoms with van der Waals surface area (Å²) in [4.78, 5) is 32.6. The number of amides is 1. The Morgan fingerprint density at radius 2 is 2.29 bits per heavy atom. The predicted molar refractivity (Wildman–Crippen MR) is 75.5 cm³/mol. The summed E-state index contributed by atoms with van der Waals surface area (Å²) in [6.07, 6.45) is 2.05. The molecule has 0 aliphatic carbocycles. The van der Waals surface area contributed by atoms with Crippen LogP contribution in [-0.4, -0.2) is 39.7 Å². The van der Waals surface area contributed by atoms with Crippen molar-refractivity contribution < 1.29 is 19.2 Å². The average molecular weight is 363 g/mol. The number of halogens is 1. The van der Waals surface area contributed by atoms with E-state index in [1.54, 1.807) is 6.92 Å². The third-order valence-electron chi connectivity index (χ3n) is 2.36. The lowest BCUT2D eigenvalue weighted by atomic mass is 10.3. The van der Waals surface area contributed by atoms with Crippen molar-refractivity contribution in [2.45, 2.75) is 26.3 Å². The quantitative estimate of drug-likeness (QED) is 0.319. The van der Waals surface area contributed by atoms with Crippen molar-refractivity contribution in [2.24, 2.45) is 0 Å². The Morgan fingerprint density at radius 3 is 2.86 bits per heavy atom. The summed E-state index contributed by atoms with van der Waals surface area (Å²) in [6.45, 7) is 2.24. The molecular formula is C11H15BrN4O5. The van der Waals surface area contributed by atoms with E-state index in [4.69, 9.17) is 4.74 Å². The second-order valence-electron chi connectivity index (χ2n) is 4.01. The number of carbonyl (C=O) groups is 2. The van der Waals surface area contributed by atoms with Gasteiger partial charge in [-0.05, 0) is 34.2 Å². The van der Waals surface area contributed by atoms with E-state index in [1.165, 1.54) is 10.9 Å². The minimum Gasteiger partial charge on any atom is -0.466 e. The highest BCUT2D eigenvalue weighted by Crippen LogP contribution is 2.21. The van der Waals surface area contributed by atoms with Crippen LogP contribution in [0.2, 0.25) is 0 Å². The minimum atomic E-state index is -0.641. The summed E-state index contributed by atoms with van der Waals surface area (Å²) in [5.74, 6) is -0.993. The van der Waals surface area contributed by atoms with Gasteiger partial charge in [0.1, 0.15) is 11.0 Å². The Morgan fingerprint density at radius 1 is 1.57 bits per heavy atom. The summed E-state index contributed by atoms with van der Waals surface area (Å²) in [5, 5.41) is 16.9. The van der Waals surface area contributed by atoms with Crippen LogP contribution in [0.15, 0.2) is 10.7 Å². The molecular weight excluding hydrogens is 348 g/mol. The van der Waals surface area contributed by atoms with Crippen LogP contribution >= 0.6 is 15.9 Å². The summed E-state index contributed by atoms with van der Waals surface area (Å²) in [5.41, 5.74) is 0. The molecule has 0 bridgehead atoms. The van der Waals surface area contributed by atoms with Crippen LogP contribution in [-0.2, 0) is 20.9 Å². The first-order valence-electron chi connectivity index (χ1n) is 6.23. The van der Waals surface area contributed by atoms with Crippen LogP contribution in [0.1, 0.15) is 19.8 Å². The summed E-state index contributed by atoms with van der Waals surface area (Å²) >= 11 is 2.99. The molecule has 0 aliphatic heterocycles. The maximum Gasteiger partial charge on any atom is 0.404 e. The second kappa shape index (κ2) is 8.35. The van der Waals surface area contributed by atoms with E-state index < -0.39 is 4.92 Å². The van der Waals surface area contributed by atoms with Gasteiger partial charge in [0, 0.05) is 13.0 Å². The number of nitrogens with zero attached hydrogens (tertiary/aromatic N) is 3. The lowest BCUT2D eigenvalue weighted by Gasteiger charge is -2.04. The third-order valence-corrected chi connectivity index (χ3v) is 2.92. The van der Waals surface area contributed by atoms with E-state index in [1.807, 2.05) is 0 Å². The highest BCUT2D eigenvalue weighted by atomic mass is 79.9. The number of nitro groups is 1. The van der Waals surface area contributed by atoms with Gasteiger partial charge in [0.15, 0.2) is 0 Å². The van der Waals surface area contributed by atoms with Gasteiger partial charge in [-0.15, -0.1) is 0 Å². The monoisotopic (exact) mass is 362 g/mol. The van der Waals surface area contributed by atoms with Crippen LogP contribution in [0.4, 0.5) is 5.82 Å². The number of rotatable bonds is 8. The number of aromatic nitrogens is 2. The molecule has 116 valence electrons. The lowest BCUT2D eigenvalue weighted by molar-refractivity contribution is -0.390. The summed E-state index contributed by atoms with van der Waals surface area (Å²) in [6, 6.07) is 0. The van der Waals surface area contributed by atoms with Crippen molar-refractivity contribution in [3.63, 3.8) is 0 Å². The van der Waals surface area contributed by atoms with Gasteiger partial charge in [-0.1, -0.05) is 0 Å². The Kier molecular flexibility index (Phi) is 6.79. The van der Waals surface area contributed by atoms with E-state index in [2.05, 4.69) is 26.3 Å². The Balaban J connectivity index is 2.32. The molecule has 9 nitrogen and oxygen atoms in total. The molecule has 0 saturated carbocycles. The van der Waals surface area contributed by atoms with E-state index in [-0.39, 0.29) is 35.1 Å². The van der Waals surface area contributed by atoms with Gasteiger partial charge >= 0.3 is 11.8 Å². The molecule has 0 radical (unpaired) electrons. The molecule has 0 saturated heterocycles. The maximum atomic E-state index is 11.6. The molecule has 1 amide bonds. The van der Waals surface area contributed by atoms with Crippen LogP contribution in [0, 0.1) is 10.1 Å². The molecule has 1 rings (SSSR count). The first-order chi connectivity index (χ1) is 9.93. The third kappa shape index (κ3) is 5.90. The molecule has 1 aromatic rings. The molecule has 0 unspecified atom stereocenters. The van der Waals surface area contributed by atoms with E-state index >= 15 is 0 Å². The Labute approximate surface area is 128 Å². The van der Waals surface area contributed by atoms with Crippen LogP contribution in [0.25, 0.3) is 0 Å². The number of nitrogens with one attached hydrogen (secondary N) is 1. The molecule has 0 atom stereocenters. The largest absolute Gasteiger partial charge is 0.466 e. The standard InChI is InChI=1S/C11H15BrN4O5/c1-2-21-10(18)4-3-5-13-9(17)7-15-6-8(12)11(14-15)16(19)20/h6H,2-5,7H2,1H3,(H,13,17). The Hall–Kier alpha value is -1.97. The molecule has 0 aromatic carbocycles. The van der Waals surface area contributed by atoms with Crippen molar-refractivity contribution in [3.05, 3.63) is 20.8 Å². The molecule has 1 heterocycles. The zero-order valence-electron chi connectivity index (χ0n) is 11.4. The number of hydrogen-bond donors (Lipinski definition) is 1. The summed E-state index contributed by atoms with van der Waals surface area (Å²) in [7, 11) is 0. The van der Waals surface area contributed by atoms with Crippen LogP contribution in [0.5, 0.6) is 0 Å². The predicted octanol–water partition coefficient (Wildman–Crippen LogP) is 1.01. The number of ether oxygens (including phenoxy) is 1. The average Bonchev–Trinajstić information content (AvgIpc) is 2.76. The number of esters is 1. The van der Waals surface area contributed by atoms with E-state index in [0.29, 0.717) is 19.6 Å². The van der Waals surface area contributed by atoms with Crippen LogP contribution in [0.3, 0.4) is 0 Å². The topological polar surface area (TPSA) is 116 Å². The first-order valence-corrected chi connectivity index (χ1v) is 7.03. The normalized spacial score (nSPS) is 10.2. The van der Waals surface area contributed by atoms with Gasteiger partial charge in [-0.25, -0.2) is 0 Å². The van der Waals surface area contributed by atoms with Gasteiger partial charge in [0.25, 0.3) is 0 Å². The fourth-order valence-electron chi connectivity index (χ4n) is 1.49. The van der Waals surface area contributed by atoms with Gasteiger partial charge in [-0.3, -0.25) is 9.59 Å². The molecule has 10 heteroatoms. The van der Waals surface area contributed by atoms with Crippen molar-refractivity contribution in [1.29, 1.82) is 0 Å². The maximum absolute atomic E-state index is 11.6. The minimum absolute atomic E-state index is 0.133. The molecule has 21 heavy (non-hydrogen) atoms. The summed E-state index contributed by atoms with van der Waals surface area (Å²) < 4.78 is 6.13. The fourth-order valence-corrected chi connectivity index (χ4v) is 1.95. The highest BCUT2D eigenvalue weighted by molar-refractivity contribution is 9.10. The van der Waals surface area contributed by atoms with E-state index in [0.717, 1.165) is 0 Å². The van der Waals surface area contributed by atoms with Gasteiger partial charge in [0.2, 0.25) is 5.91 Å². The Bertz CT molecular complexity index is 531. The van der Waals surface area contributed by atoms with Crippen molar-refractivity contribution >= 4 is 33.6 Å². The molecule has 1 aromatic heterocycles. The van der Waals surface area contributed by atoms with E-state index in [9.17, 15) is 19.7 Å². The van der Waals surface area contributed by atoms with Gasteiger partial charge < -0.3 is 20.2 Å². The van der Waals surface area contributed by atoms with Crippen molar-refractivity contribution in [2.75, 3.05) is 13.2 Å². The SMILES string of the molecule is CCOC(=O)CCCNC(=O)Cn1cc(Br)c([N+](=O)[O-])n1. The first kappa shape index (κ1) is 17.1. The molecule has 1 N–H and O–H groups in total. The highest BCUT2D eigenvalue weighted by Gasteiger charge is 2.19. The lowest BCUT2D eigenvalue weighted by Crippen LogP contribution is -2.29. The second-order valence-corrected chi connectivity index (χ2v) is 4.87. The van der Waals surface area contributed by atoms with Crippen molar-refractivity contribution in [1.82, 2.24) is 15.1 Å².